The molecular formula is C20H28ClN3O4S. The van der Waals surface area contributed by atoms with Crippen LogP contribution in [0, 0.1) is 5.92 Å². The first-order chi connectivity index (χ1) is 13.6. The second-order valence-electron chi connectivity index (χ2n) is 8.22. The number of carbonyl (C=O) groups excluding carboxylic acids is 1. The van der Waals surface area contributed by atoms with Crippen LogP contribution in [0.25, 0.3) is 0 Å². The molecule has 9 heteroatoms. The molecular weight excluding hydrogens is 414 g/mol. The first-order valence-corrected chi connectivity index (χ1v) is 11.7. The number of aromatic hydroxyl groups is 1. The molecule has 1 atom stereocenters. The number of hydrogen-bond acceptors (Lipinski definition) is 5. The molecule has 2 amide bonds. The number of rotatable bonds is 6. The number of carbonyl (C=O) groups is 1. The molecule has 0 spiro atoms. The number of phenols is 1. The smallest absolute Gasteiger partial charge is 0.319 e. The molecule has 0 radical (unpaired) electrons. The molecule has 1 aromatic rings. The zero-order valence-corrected chi connectivity index (χ0v) is 18.5. The van der Waals surface area contributed by atoms with E-state index in [2.05, 4.69) is 16.7 Å². The van der Waals surface area contributed by atoms with Crippen LogP contribution < -0.4 is 10.6 Å². The average Bonchev–Trinajstić information content (AvgIpc) is 2.97. The molecule has 7 nitrogen and oxygen atoms in total. The lowest BCUT2D eigenvalue weighted by molar-refractivity contribution is 0.232. The van der Waals surface area contributed by atoms with Crippen molar-refractivity contribution < 1.29 is 18.3 Å². The second kappa shape index (κ2) is 8.53. The van der Waals surface area contributed by atoms with E-state index in [-0.39, 0.29) is 21.6 Å². The van der Waals surface area contributed by atoms with Crippen molar-refractivity contribution in [3.8, 4) is 5.75 Å². The number of amides is 2. The van der Waals surface area contributed by atoms with Gasteiger partial charge in [-0.1, -0.05) is 23.3 Å². The lowest BCUT2D eigenvalue weighted by atomic mass is 9.84. The Balaban J connectivity index is 1.75. The Morgan fingerprint density at radius 3 is 2.59 bits per heavy atom. The molecule has 160 valence electrons. The summed E-state index contributed by atoms with van der Waals surface area (Å²) < 4.78 is 26.1. The Kier molecular flexibility index (Phi) is 6.45. The van der Waals surface area contributed by atoms with Crippen molar-refractivity contribution in [2.75, 3.05) is 26.0 Å². The Morgan fingerprint density at radius 2 is 2.00 bits per heavy atom. The largest absolute Gasteiger partial charge is 0.504 e. The molecule has 1 saturated carbocycles. The summed E-state index contributed by atoms with van der Waals surface area (Å²) in [6.07, 6.45) is 4.85. The minimum Gasteiger partial charge on any atom is -0.504 e. The maximum atomic E-state index is 13.1. The summed E-state index contributed by atoms with van der Waals surface area (Å²) in [7, 11) is 0.101. The lowest BCUT2D eigenvalue weighted by Gasteiger charge is -2.36. The Morgan fingerprint density at radius 1 is 1.31 bits per heavy atom. The quantitative estimate of drug-likeness (QED) is 0.464. The maximum absolute atomic E-state index is 13.1. The third-order valence-electron chi connectivity index (χ3n) is 5.65. The minimum atomic E-state index is -3.80. The monoisotopic (exact) mass is 441 g/mol. The zero-order chi connectivity index (χ0) is 21.3. The van der Waals surface area contributed by atoms with Crippen LogP contribution >= 0.6 is 11.6 Å². The van der Waals surface area contributed by atoms with Crippen LogP contribution in [0.4, 0.5) is 10.5 Å². The van der Waals surface area contributed by atoms with Gasteiger partial charge in [-0.2, -0.15) is 0 Å². The molecule has 2 aliphatic rings. The average molecular weight is 442 g/mol. The predicted octanol–water partition coefficient (Wildman–Crippen LogP) is 3.39. The second-order valence-corrected chi connectivity index (χ2v) is 10.8. The SMILES string of the molecule is CC1=CCCC1NC(=O)Nc1ccc(Cl)c(S(=O)(=O)[C@H]2C[C@H](CN(C)C)C2)c1O. The molecule has 3 N–H and O–H groups in total. The molecule has 1 fully saturated rings. The summed E-state index contributed by atoms with van der Waals surface area (Å²) in [5.74, 6) is -0.206. The molecule has 3 rings (SSSR count). The van der Waals surface area contributed by atoms with Crippen LogP contribution in [0.3, 0.4) is 0 Å². The number of benzene rings is 1. The van der Waals surface area contributed by atoms with E-state index < -0.39 is 26.9 Å². The van der Waals surface area contributed by atoms with Crippen molar-refractivity contribution in [2.45, 2.75) is 48.8 Å². The summed E-state index contributed by atoms with van der Waals surface area (Å²) in [6, 6.07) is 2.24. The van der Waals surface area contributed by atoms with Gasteiger partial charge in [0.1, 0.15) is 4.90 Å². The third-order valence-corrected chi connectivity index (χ3v) is 8.32. The van der Waals surface area contributed by atoms with E-state index in [1.165, 1.54) is 12.1 Å². The number of sulfone groups is 1. The predicted molar refractivity (Wildman–Crippen MR) is 114 cm³/mol. The lowest BCUT2D eigenvalue weighted by Crippen LogP contribution is -2.40. The van der Waals surface area contributed by atoms with E-state index in [0.29, 0.717) is 18.8 Å². The van der Waals surface area contributed by atoms with Gasteiger partial charge < -0.3 is 20.6 Å². The summed E-state index contributed by atoms with van der Waals surface area (Å²) in [4.78, 5) is 14.0. The number of nitrogens with one attached hydrogen (secondary N) is 2. The maximum Gasteiger partial charge on any atom is 0.319 e. The van der Waals surface area contributed by atoms with Gasteiger partial charge in [-0.15, -0.1) is 0 Å². The van der Waals surface area contributed by atoms with E-state index in [1.54, 1.807) is 0 Å². The molecule has 0 aromatic heterocycles. The van der Waals surface area contributed by atoms with Crippen LogP contribution in [0.5, 0.6) is 5.75 Å². The highest BCUT2D eigenvalue weighted by Crippen LogP contribution is 2.44. The number of phenolic OH excluding ortho intramolecular Hbond substituents is 1. The highest BCUT2D eigenvalue weighted by molar-refractivity contribution is 7.92. The molecule has 0 heterocycles. The Bertz CT molecular complexity index is 924. The van der Waals surface area contributed by atoms with Crippen LogP contribution in [0.15, 0.2) is 28.7 Å². The highest BCUT2D eigenvalue weighted by Gasteiger charge is 2.42. The summed E-state index contributed by atoms with van der Waals surface area (Å²) in [6.45, 7) is 2.77. The van der Waals surface area contributed by atoms with Crippen LogP contribution in [-0.2, 0) is 9.84 Å². The molecule has 1 unspecified atom stereocenters. The van der Waals surface area contributed by atoms with Gasteiger partial charge in [-0.3, -0.25) is 0 Å². The number of nitrogens with zero attached hydrogens (tertiary/aromatic N) is 1. The van der Waals surface area contributed by atoms with Gasteiger partial charge in [-0.25, -0.2) is 13.2 Å². The van der Waals surface area contributed by atoms with E-state index in [4.69, 9.17) is 11.6 Å². The van der Waals surface area contributed by atoms with Crippen molar-refractivity contribution in [3.05, 3.63) is 28.8 Å². The van der Waals surface area contributed by atoms with Crippen molar-refractivity contribution in [1.29, 1.82) is 0 Å². The fourth-order valence-electron chi connectivity index (χ4n) is 4.03. The zero-order valence-electron chi connectivity index (χ0n) is 16.9. The van der Waals surface area contributed by atoms with Crippen molar-refractivity contribution in [1.82, 2.24) is 10.2 Å². The molecule has 0 bridgehead atoms. The number of hydrogen-bond donors (Lipinski definition) is 3. The standard InChI is InChI=1S/C20H28ClN3O4S/c1-12-5-4-6-16(12)22-20(26)23-17-8-7-15(21)19(18(17)25)29(27,28)14-9-13(10-14)11-24(2)3/h5,7-8,13-14,16,25H,4,6,9-11H2,1-3H3,(H2,22,23,26)/t13-,14-,16?. The first kappa shape index (κ1) is 21.9. The molecule has 0 aliphatic heterocycles. The number of halogens is 1. The molecule has 29 heavy (non-hydrogen) atoms. The van der Waals surface area contributed by atoms with Gasteiger partial charge in [0.15, 0.2) is 15.6 Å². The van der Waals surface area contributed by atoms with Gasteiger partial charge in [0.05, 0.1) is 22.0 Å². The minimum absolute atomic E-state index is 0.0225. The van der Waals surface area contributed by atoms with E-state index >= 15 is 0 Å². The van der Waals surface area contributed by atoms with E-state index in [9.17, 15) is 18.3 Å². The number of anilines is 1. The highest BCUT2D eigenvalue weighted by atomic mass is 35.5. The van der Waals surface area contributed by atoms with Crippen LogP contribution in [0.1, 0.15) is 32.6 Å². The van der Waals surface area contributed by atoms with Gasteiger partial charge in [0, 0.05) is 6.54 Å². The number of allylic oxidation sites excluding steroid dienone is 1. The summed E-state index contributed by atoms with van der Waals surface area (Å²) >= 11 is 6.14. The van der Waals surface area contributed by atoms with E-state index in [0.717, 1.165) is 25.0 Å². The van der Waals surface area contributed by atoms with E-state index in [1.807, 2.05) is 25.9 Å². The van der Waals surface area contributed by atoms with Crippen molar-refractivity contribution in [2.24, 2.45) is 5.92 Å². The fraction of sp³-hybridized carbons (Fsp3) is 0.550. The molecule has 1 aromatic carbocycles. The van der Waals surface area contributed by atoms with Crippen LogP contribution in [0.2, 0.25) is 5.02 Å². The third kappa shape index (κ3) is 4.70. The fourth-order valence-corrected chi connectivity index (χ4v) is 6.61. The van der Waals surface area contributed by atoms with Crippen LogP contribution in [-0.4, -0.2) is 56.4 Å². The normalized spacial score (nSPS) is 24.2. The van der Waals surface area contributed by atoms with Gasteiger partial charge in [0.25, 0.3) is 0 Å². The van der Waals surface area contributed by atoms with Crippen molar-refractivity contribution in [3.63, 3.8) is 0 Å². The first-order valence-electron chi connectivity index (χ1n) is 9.73. The summed E-state index contributed by atoms with van der Waals surface area (Å²) in [5, 5.41) is 15.4. The van der Waals surface area contributed by atoms with Gasteiger partial charge >= 0.3 is 6.03 Å². The number of urea groups is 1. The Labute approximate surface area is 177 Å². The van der Waals surface area contributed by atoms with Gasteiger partial charge in [-0.05, 0) is 64.8 Å². The summed E-state index contributed by atoms with van der Waals surface area (Å²) in [5.41, 5.74) is 1.11. The van der Waals surface area contributed by atoms with Crippen molar-refractivity contribution >= 4 is 33.2 Å². The van der Waals surface area contributed by atoms with Gasteiger partial charge in [0.2, 0.25) is 0 Å². The Hall–Kier alpha value is -1.77. The molecule has 2 aliphatic carbocycles. The topological polar surface area (TPSA) is 98.7 Å². The molecule has 0 saturated heterocycles.